The summed E-state index contributed by atoms with van der Waals surface area (Å²) >= 11 is 3.57. The van der Waals surface area contributed by atoms with Gasteiger partial charge in [0.05, 0.1) is 18.9 Å². The van der Waals surface area contributed by atoms with Crippen LogP contribution in [0.5, 0.6) is 0 Å². The van der Waals surface area contributed by atoms with Crippen molar-refractivity contribution in [1.29, 1.82) is 0 Å². The Morgan fingerprint density at radius 1 is 1.14 bits per heavy atom. The second-order valence-electron chi connectivity index (χ2n) is 5.54. The van der Waals surface area contributed by atoms with Crippen molar-refractivity contribution in [3.63, 3.8) is 0 Å². The highest BCUT2D eigenvalue weighted by molar-refractivity contribution is 9.10. The van der Waals surface area contributed by atoms with Gasteiger partial charge in [-0.25, -0.2) is 4.98 Å². The molecule has 1 fully saturated rings. The van der Waals surface area contributed by atoms with E-state index in [2.05, 4.69) is 33.0 Å². The summed E-state index contributed by atoms with van der Waals surface area (Å²) in [4.78, 5) is 19.5. The van der Waals surface area contributed by atoms with E-state index in [0.717, 1.165) is 22.3 Å². The fourth-order valence-electron chi connectivity index (χ4n) is 3.18. The second-order valence-corrected chi connectivity index (χ2v) is 6.29. The number of halogens is 1. The molecule has 0 radical (unpaired) electrons. The molecule has 1 aromatic carbocycles. The standard InChI is InChI=1S/C16H16BrN3O2/c17-14-13-12-4-2-1-3-11(12)5-6-20(13)16(21)15(18-14)19-7-9-22-10-8-19/h1-4H,5-10H2. The SMILES string of the molecule is O=c1c(N2CCOCC2)nc(Br)c2n1CCc1ccccc1-2. The predicted octanol–water partition coefficient (Wildman–Crippen LogP) is 2.07. The van der Waals surface area contributed by atoms with E-state index < -0.39 is 0 Å². The highest BCUT2D eigenvalue weighted by Crippen LogP contribution is 2.33. The Bertz CT molecular complexity index is 781. The van der Waals surface area contributed by atoms with Crippen LogP contribution in [0.25, 0.3) is 11.3 Å². The number of aryl methyl sites for hydroxylation is 1. The van der Waals surface area contributed by atoms with Gasteiger partial charge in [0.15, 0.2) is 5.82 Å². The molecule has 1 saturated heterocycles. The van der Waals surface area contributed by atoms with Crippen molar-refractivity contribution in [2.75, 3.05) is 31.2 Å². The first-order valence-corrected chi connectivity index (χ1v) is 8.26. The summed E-state index contributed by atoms with van der Waals surface area (Å²) in [6, 6.07) is 8.21. The molecule has 0 saturated carbocycles. The minimum absolute atomic E-state index is 0.00500. The van der Waals surface area contributed by atoms with Gasteiger partial charge in [-0.1, -0.05) is 24.3 Å². The van der Waals surface area contributed by atoms with E-state index in [-0.39, 0.29) is 5.56 Å². The monoisotopic (exact) mass is 361 g/mol. The highest BCUT2D eigenvalue weighted by Gasteiger charge is 2.25. The Hall–Kier alpha value is -1.66. The number of fused-ring (bicyclic) bond motifs is 3. The van der Waals surface area contributed by atoms with Crippen LogP contribution >= 0.6 is 15.9 Å². The van der Waals surface area contributed by atoms with E-state index in [1.54, 1.807) is 0 Å². The molecule has 0 amide bonds. The quantitative estimate of drug-likeness (QED) is 0.779. The molecule has 2 aromatic rings. The fraction of sp³-hybridized carbons (Fsp3) is 0.375. The summed E-state index contributed by atoms with van der Waals surface area (Å²) in [5.41, 5.74) is 3.25. The molecule has 1 aromatic heterocycles. The lowest BCUT2D eigenvalue weighted by atomic mass is 9.98. The second kappa shape index (κ2) is 5.52. The van der Waals surface area contributed by atoms with Crippen molar-refractivity contribution < 1.29 is 4.74 Å². The van der Waals surface area contributed by atoms with Gasteiger partial charge in [-0.15, -0.1) is 0 Å². The average Bonchev–Trinajstić information content (AvgIpc) is 2.58. The molecule has 2 aliphatic heterocycles. The van der Waals surface area contributed by atoms with E-state index >= 15 is 0 Å². The van der Waals surface area contributed by atoms with Crippen molar-refractivity contribution in [1.82, 2.24) is 9.55 Å². The van der Waals surface area contributed by atoms with E-state index in [4.69, 9.17) is 4.74 Å². The molecule has 0 unspecified atom stereocenters. The van der Waals surface area contributed by atoms with Crippen LogP contribution in [-0.2, 0) is 17.7 Å². The summed E-state index contributed by atoms with van der Waals surface area (Å²) in [7, 11) is 0. The molecule has 4 rings (SSSR count). The Labute approximate surface area is 136 Å². The number of nitrogens with zero attached hydrogens (tertiary/aromatic N) is 3. The summed E-state index contributed by atoms with van der Waals surface area (Å²) < 4.78 is 7.95. The zero-order valence-electron chi connectivity index (χ0n) is 12.1. The highest BCUT2D eigenvalue weighted by atomic mass is 79.9. The molecule has 3 heterocycles. The van der Waals surface area contributed by atoms with Gasteiger partial charge < -0.3 is 14.2 Å². The number of ether oxygens (including phenoxy) is 1. The molecular formula is C16H16BrN3O2. The molecule has 0 spiro atoms. The van der Waals surface area contributed by atoms with E-state index in [0.29, 0.717) is 38.7 Å². The molecule has 0 atom stereocenters. The van der Waals surface area contributed by atoms with Crippen LogP contribution in [0.4, 0.5) is 5.82 Å². The molecule has 6 heteroatoms. The van der Waals surface area contributed by atoms with Gasteiger partial charge >= 0.3 is 0 Å². The van der Waals surface area contributed by atoms with E-state index in [9.17, 15) is 4.79 Å². The molecular weight excluding hydrogens is 346 g/mol. The van der Waals surface area contributed by atoms with Crippen LogP contribution in [0.2, 0.25) is 0 Å². The smallest absolute Gasteiger partial charge is 0.294 e. The topological polar surface area (TPSA) is 47.4 Å². The maximum absolute atomic E-state index is 12.9. The zero-order valence-corrected chi connectivity index (χ0v) is 13.7. The van der Waals surface area contributed by atoms with Crippen LogP contribution in [0, 0.1) is 0 Å². The van der Waals surface area contributed by atoms with Crippen LogP contribution in [0.3, 0.4) is 0 Å². The maximum atomic E-state index is 12.9. The molecule has 0 N–H and O–H groups in total. The van der Waals surface area contributed by atoms with Gasteiger partial charge in [0.25, 0.3) is 5.56 Å². The molecule has 114 valence electrons. The molecule has 2 aliphatic rings. The molecule has 0 aliphatic carbocycles. The molecule has 5 nitrogen and oxygen atoms in total. The van der Waals surface area contributed by atoms with Gasteiger partial charge in [-0.3, -0.25) is 4.79 Å². The van der Waals surface area contributed by atoms with Crippen molar-refractivity contribution in [3.05, 3.63) is 44.8 Å². The van der Waals surface area contributed by atoms with Gasteiger partial charge in [0, 0.05) is 25.2 Å². The lowest BCUT2D eigenvalue weighted by molar-refractivity contribution is 0.122. The zero-order chi connectivity index (χ0) is 15.1. The van der Waals surface area contributed by atoms with Crippen molar-refractivity contribution in [2.24, 2.45) is 0 Å². The third kappa shape index (κ3) is 2.18. The Kier molecular flexibility index (Phi) is 3.50. The number of rotatable bonds is 1. The lowest BCUT2D eigenvalue weighted by Crippen LogP contribution is -2.42. The third-order valence-electron chi connectivity index (χ3n) is 4.29. The normalized spacial score (nSPS) is 17.0. The number of morpholine rings is 1. The summed E-state index contributed by atoms with van der Waals surface area (Å²) in [5.74, 6) is 0.526. The minimum atomic E-state index is -0.00500. The predicted molar refractivity (Wildman–Crippen MR) is 88.4 cm³/mol. The van der Waals surface area contributed by atoms with Crippen LogP contribution in [0.1, 0.15) is 5.56 Å². The first-order valence-electron chi connectivity index (χ1n) is 7.47. The Morgan fingerprint density at radius 2 is 1.91 bits per heavy atom. The lowest BCUT2D eigenvalue weighted by Gasteiger charge is -2.29. The average molecular weight is 362 g/mol. The first kappa shape index (κ1) is 14.0. The minimum Gasteiger partial charge on any atom is -0.378 e. The van der Waals surface area contributed by atoms with Gasteiger partial charge in [0.2, 0.25) is 0 Å². The van der Waals surface area contributed by atoms with Gasteiger partial charge in [-0.2, -0.15) is 0 Å². The first-order chi connectivity index (χ1) is 10.8. The van der Waals surface area contributed by atoms with Crippen LogP contribution in [-0.4, -0.2) is 35.9 Å². The van der Waals surface area contributed by atoms with Crippen molar-refractivity contribution in [3.8, 4) is 11.3 Å². The van der Waals surface area contributed by atoms with Crippen molar-refractivity contribution in [2.45, 2.75) is 13.0 Å². The summed E-state index contributed by atoms with van der Waals surface area (Å²) in [5, 5.41) is 0. The van der Waals surface area contributed by atoms with Gasteiger partial charge in [0.1, 0.15) is 4.60 Å². The van der Waals surface area contributed by atoms with Gasteiger partial charge in [-0.05, 0) is 27.9 Å². The number of hydrogen-bond donors (Lipinski definition) is 0. The van der Waals surface area contributed by atoms with Crippen LogP contribution < -0.4 is 10.5 Å². The Morgan fingerprint density at radius 3 is 2.73 bits per heavy atom. The fourth-order valence-corrected chi connectivity index (χ4v) is 3.78. The van der Waals surface area contributed by atoms with E-state index in [1.807, 2.05) is 21.6 Å². The summed E-state index contributed by atoms with van der Waals surface area (Å²) in [6.07, 6.45) is 0.877. The number of benzene rings is 1. The third-order valence-corrected chi connectivity index (χ3v) is 4.85. The number of hydrogen-bond acceptors (Lipinski definition) is 4. The van der Waals surface area contributed by atoms with Crippen LogP contribution in [0.15, 0.2) is 33.7 Å². The van der Waals surface area contributed by atoms with Crippen molar-refractivity contribution >= 4 is 21.7 Å². The largest absolute Gasteiger partial charge is 0.378 e. The molecule has 22 heavy (non-hydrogen) atoms. The maximum Gasteiger partial charge on any atom is 0.294 e. The summed E-state index contributed by atoms with van der Waals surface area (Å²) in [6.45, 7) is 3.41. The van der Waals surface area contributed by atoms with E-state index in [1.165, 1.54) is 5.56 Å². The number of aromatic nitrogens is 2. The molecule has 0 bridgehead atoms. The Balaban J connectivity index is 1.88. The number of anilines is 1.